The number of carbonyl (C=O) groups excluding carboxylic acids is 3. The van der Waals surface area contributed by atoms with Crippen molar-refractivity contribution >= 4 is 29.4 Å². The van der Waals surface area contributed by atoms with Crippen LogP contribution in [0.4, 0.5) is 0 Å². The van der Waals surface area contributed by atoms with Gasteiger partial charge in [-0.2, -0.15) is 11.8 Å². The molecular formula is C23H27NO7S. The van der Waals surface area contributed by atoms with E-state index in [1.54, 1.807) is 42.5 Å². The molecular weight excluding hydrogens is 434 g/mol. The van der Waals surface area contributed by atoms with Crippen LogP contribution in [0.25, 0.3) is 0 Å². The average molecular weight is 462 g/mol. The number of amides is 1. The molecule has 2 rings (SSSR count). The van der Waals surface area contributed by atoms with Crippen molar-refractivity contribution in [1.29, 1.82) is 0 Å². The van der Waals surface area contributed by atoms with Gasteiger partial charge < -0.3 is 24.3 Å². The number of Topliss-reactive ketones (excluding diaryl/α,β-unsaturated/α-hetero) is 1. The molecule has 0 heterocycles. The second-order valence-electron chi connectivity index (χ2n) is 6.60. The molecule has 0 radical (unpaired) electrons. The molecule has 0 saturated heterocycles. The number of carbonyl (C=O) groups is 3. The quantitative estimate of drug-likeness (QED) is 0.359. The van der Waals surface area contributed by atoms with Crippen molar-refractivity contribution in [3.05, 3.63) is 54.1 Å². The first kappa shape index (κ1) is 25.1. The maximum Gasteiger partial charge on any atom is 0.329 e. The van der Waals surface area contributed by atoms with Crippen molar-refractivity contribution in [3.63, 3.8) is 0 Å². The van der Waals surface area contributed by atoms with E-state index in [2.05, 4.69) is 5.32 Å². The average Bonchev–Trinajstić information content (AvgIpc) is 2.83. The number of hydrogen-bond acceptors (Lipinski definition) is 8. The van der Waals surface area contributed by atoms with Crippen LogP contribution in [0.2, 0.25) is 0 Å². The van der Waals surface area contributed by atoms with Gasteiger partial charge in [-0.15, -0.1) is 0 Å². The van der Waals surface area contributed by atoms with Crippen LogP contribution >= 0.6 is 11.8 Å². The van der Waals surface area contributed by atoms with Gasteiger partial charge in [0.2, 0.25) is 5.78 Å². The highest BCUT2D eigenvalue weighted by atomic mass is 32.2. The first-order chi connectivity index (χ1) is 15.5. The number of nitrogens with one attached hydrogen (secondary N) is 1. The Hall–Kier alpha value is -3.20. The smallest absolute Gasteiger partial charge is 0.329 e. The third-order valence-electron chi connectivity index (χ3n) is 4.40. The Morgan fingerprint density at radius 2 is 1.72 bits per heavy atom. The summed E-state index contributed by atoms with van der Waals surface area (Å²) in [5, 5.41) is 2.62. The van der Waals surface area contributed by atoms with Gasteiger partial charge in [0, 0.05) is 6.07 Å². The lowest BCUT2D eigenvalue weighted by atomic mass is 10.1. The molecule has 0 bridgehead atoms. The molecule has 32 heavy (non-hydrogen) atoms. The molecule has 1 N–H and O–H groups in total. The number of ether oxygens (including phenoxy) is 4. The lowest BCUT2D eigenvalue weighted by Gasteiger charge is -2.17. The van der Waals surface area contributed by atoms with Crippen LogP contribution in [0.5, 0.6) is 17.2 Å². The zero-order chi connectivity index (χ0) is 23.3. The zero-order valence-corrected chi connectivity index (χ0v) is 19.1. The van der Waals surface area contributed by atoms with Crippen LogP contribution in [0, 0.1) is 0 Å². The van der Waals surface area contributed by atoms with E-state index in [4.69, 9.17) is 18.9 Å². The van der Waals surface area contributed by atoms with Gasteiger partial charge in [-0.3, -0.25) is 9.59 Å². The maximum absolute atomic E-state index is 12.6. The fraction of sp³-hybridized carbons (Fsp3) is 0.348. The highest BCUT2D eigenvalue weighted by molar-refractivity contribution is 7.98. The molecule has 2 aromatic rings. The monoisotopic (exact) mass is 461 g/mol. The number of rotatable bonds is 13. The minimum atomic E-state index is -0.889. The zero-order valence-electron chi connectivity index (χ0n) is 18.3. The highest BCUT2D eigenvalue weighted by Gasteiger charge is 2.24. The standard InChI is InChI=1S/C23H27NO7S/c1-28-17-9-10-18(21(13-17)29-2)20(25)14-31-23(27)19(11-12-32-3)24-22(26)15-30-16-7-5-4-6-8-16/h4-10,13,19H,11-12,14-15H2,1-3H3,(H,24,26)/t19-/m0/s1. The second-order valence-corrected chi connectivity index (χ2v) is 7.59. The molecule has 0 spiro atoms. The third kappa shape index (κ3) is 7.81. The predicted molar refractivity (Wildman–Crippen MR) is 122 cm³/mol. The lowest BCUT2D eigenvalue weighted by Crippen LogP contribution is -2.44. The Kier molecular flexibility index (Phi) is 10.4. The van der Waals surface area contributed by atoms with Crippen molar-refractivity contribution < 1.29 is 33.3 Å². The molecule has 0 aliphatic carbocycles. The van der Waals surface area contributed by atoms with Gasteiger partial charge >= 0.3 is 5.97 Å². The summed E-state index contributed by atoms with van der Waals surface area (Å²) in [5.41, 5.74) is 0.266. The number of ketones is 1. The van der Waals surface area contributed by atoms with Gasteiger partial charge in [0.25, 0.3) is 5.91 Å². The van der Waals surface area contributed by atoms with Gasteiger partial charge in [0.15, 0.2) is 13.2 Å². The predicted octanol–water partition coefficient (Wildman–Crippen LogP) is 2.75. The first-order valence-corrected chi connectivity index (χ1v) is 11.3. The topological polar surface area (TPSA) is 100 Å². The fourth-order valence-corrected chi connectivity index (χ4v) is 3.20. The summed E-state index contributed by atoms with van der Waals surface area (Å²) in [6.45, 7) is -0.720. The van der Waals surface area contributed by atoms with E-state index in [0.29, 0.717) is 29.4 Å². The van der Waals surface area contributed by atoms with E-state index in [9.17, 15) is 14.4 Å². The van der Waals surface area contributed by atoms with Crippen molar-refractivity contribution in [2.24, 2.45) is 0 Å². The molecule has 1 atom stereocenters. The minimum absolute atomic E-state index is 0.241. The lowest BCUT2D eigenvalue weighted by molar-refractivity contribution is -0.147. The summed E-state index contributed by atoms with van der Waals surface area (Å²) in [7, 11) is 2.94. The van der Waals surface area contributed by atoms with Crippen molar-refractivity contribution in [1.82, 2.24) is 5.32 Å². The molecule has 0 fully saturated rings. The Bertz CT molecular complexity index is 904. The Labute approximate surface area is 191 Å². The van der Waals surface area contributed by atoms with Crippen LogP contribution in [-0.4, -0.2) is 63.1 Å². The largest absolute Gasteiger partial charge is 0.497 e. The summed E-state index contributed by atoms with van der Waals surface area (Å²) < 4.78 is 20.9. The van der Waals surface area contributed by atoms with Crippen molar-refractivity contribution in [2.75, 3.05) is 39.4 Å². The van der Waals surface area contributed by atoms with Gasteiger partial charge in [-0.25, -0.2) is 4.79 Å². The molecule has 2 aromatic carbocycles. The van der Waals surface area contributed by atoms with Crippen molar-refractivity contribution in [3.8, 4) is 17.2 Å². The van der Waals surface area contributed by atoms with Gasteiger partial charge in [-0.05, 0) is 42.7 Å². The summed E-state index contributed by atoms with van der Waals surface area (Å²) >= 11 is 1.53. The molecule has 0 aliphatic heterocycles. The molecule has 8 nitrogen and oxygen atoms in total. The molecule has 0 unspecified atom stereocenters. The maximum atomic E-state index is 12.6. The summed E-state index contributed by atoms with van der Waals surface area (Å²) in [6, 6.07) is 12.7. The summed E-state index contributed by atoms with van der Waals surface area (Å²) in [4.78, 5) is 37.3. The van der Waals surface area contributed by atoms with E-state index >= 15 is 0 Å². The van der Waals surface area contributed by atoms with Crippen LogP contribution < -0.4 is 19.5 Å². The van der Waals surface area contributed by atoms with Crippen LogP contribution in [-0.2, 0) is 14.3 Å². The Morgan fingerprint density at radius 3 is 2.38 bits per heavy atom. The van der Waals surface area contributed by atoms with E-state index in [0.717, 1.165) is 0 Å². The number of hydrogen-bond donors (Lipinski definition) is 1. The highest BCUT2D eigenvalue weighted by Crippen LogP contribution is 2.25. The summed E-state index contributed by atoms with van der Waals surface area (Å²) in [5.74, 6) is 0.446. The first-order valence-electron chi connectivity index (χ1n) is 9.86. The van der Waals surface area contributed by atoms with E-state index in [1.165, 1.54) is 26.0 Å². The van der Waals surface area contributed by atoms with Gasteiger partial charge in [0.1, 0.15) is 23.3 Å². The van der Waals surface area contributed by atoms with Crippen LogP contribution in [0.3, 0.4) is 0 Å². The Morgan fingerprint density at radius 1 is 0.969 bits per heavy atom. The molecule has 0 saturated carbocycles. The molecule has 0 aromatic heterocycles. The number of esters is 1. The van der Waals surface area contributed by atoms with E-state index in [-0.39, 0.29) is 12.2 Å². The van der Waals surface area contributed by atoms with Crippen LogP contribution in [0.15, 0.2) is 48.5 Å². The fourth-order valence-electron chi connectivity index (χ4n) is 2.73. The molecule has 9 heteroatoms. The Balaban J connectivity index is 1.93. The molecule has 172 valence electrons. The number of benzene rings is 2. The van der Waals surface area contributed by atoms with E-state index in [1.807, 2.05) is 12.3 Å². The second kappa shape index (κ2) is 13.3. The third-order valence-corrected chi connectivity index (χ3v) is 5.04. The van der Waals surface area contributed by atoms with E-state index < -0.39 is 30.3 Å². The van der Waals surface area contributed by atoms with Gasteiger partial charge in [-0.1, -0.05) is 18.2 Å². The van der Waals surface area contributed by atoms with Crippen molar-refractivity contribution in [2.45, 2.75) is 12.5 Å². The normalized spacial score (nSPS) is 11.2. The minimum Gasteiger partial charge on any atom is -0.497 e. The van der Waals surface area contributed by atoms with Gasteiger partial charge in [0.05, 0.1) is 19.8 Å². The molecule has 0 aliphatic rings. The number of thioether (sulfide) groups is 1. The number of methoxy groups -OCH3 is 2. The summed E-state index contributed by atoms with van der Waals surface area (Å²) in [6.07, 6.45) is 2.25. The van der Waals surface area contributed by atoms with Crippen LogP contribution in [0.1, 0.15) is 16.8 Å². The SMILES string of the molecule is COc1ccc(C(=O)COC(=O)[C@H](CCSC)NC(=O)COc2ccccc2)c(OC)c1. The molecule has 1 amide bonds. The number of para-hydroxylation sites is 1.